The number of amides is 1. The zero-order valence-electron chi connectivity index (χ0n) is 14.9. The van der Waals surface area contributed by atoms with E-state index in [4.69, 9.17) is 0 Å². The lowest BCUT2D eigenvalue weighted by atomic mass is 10.1. The summed E-state index contributed by atoms with van der Waals surface area (Å²) in [6, 6.07) is 15.2. The Labute approximate surface area is 158 Å². The molecule has 0 spiro atoms. The number of anilines is 2. The van der Waals surface area contributed by atoms with Crippen molar-refractivity contribution in [3.05, 3.63) is 83.7 Å². The van der Waals surface area contributed by atoms with E-state index < -0.39 is 10.0 Å². The van der Waals surface area contributed by atoms with Crippen molar-refractivity contribution >= 4 is 27.3 Å². The number of rotatable bonds is 5. The molecule has 3 aromatic rings. The summed E-state index contributed by atoms with van der Waals surface area (Å²) >= 11 is 0. The van der Waals surface area contributed by atoms with Crippen LogP contribution in [-0.4, -0.2) is 19.3 Å². The Morgan fingerprint density at radius 3 is 2.44 bits per heavy atom. The quantitative estimate of drug-likeness (QED) is 0.704. The summed E-state index contributed by atoms with van der Waals surface area (Å²) in [4.78, 5) is 16.5. The maximum absolute atomic E-state index is 12.7. The van der Waals surface area contributed by atoms with Gasteiger partial charge >= 0.3 is 0 Å². The second-order valence-corrected chi connectivity index (χ2v) is 7.75. The number of carbonyl (C=O) groups is 1. The fraction of sp³-hybridized carbons (Fsp3) is 0.100. The van der Waals surface area contributed by atoms with E-state index >= 15 is 0 Å². The molecule has 0 fully saturated rings. The van der Waals surface area contributed by atoms with E-state index in [1.807, 2.05) is 25.1 Å². The Bertz CT molecular complexity index is 1080. The van der Waals surface area contributed by atoms with Crippen molar-refractivity contribution in [1.29, 1.82) is 0 Å². The molecule has 3 rings (SSSR count). The minimum absolute atomic E-state index is 0.0452. The SMILES string of the molecule is Cc1ccccc1NC(=O)c1ccc(C)c(S(=O)(=O)Nc2cccnc2)c1. The summed E-state index contributed by atoms with van der Waals surface area (Å²) < 4.78 is 28.0. The van der Waals surface area contributed by atoms with E-state index in [2.05, 4.69) is 15.0 Å². The molecule has 0 atom stereocenters. The van der Waals surface area contributed by atoms with Crippen LogP contribution in [0, 0.1) is 13.8 Å². The minimum Gasteiger partial charge on any atom is -0.322 e. The summed E-state index contributed by atoms with van der Waals surface area (Å²) in [5.41, 5.74) is 2.76. The van der Waals surface area contributed by atoms with Crippen molar-refractivity contribution in [2.24, 2.45) is 0 Å². The molecule has 0 aliphatic rings. The average Bonchev–Trinajstić information content (AvgIpc) is 2.64. The molecule has 6 nitrogen and oxygen atoms in total. The molecule has 0 aliphatic carbocycles. The molecule has 1 amide bonds. The molecule has 0 aliphatic heterocycles. The molecule has 2 aromatic carbocycles. The highest BCUT2D eigenvalue weighted by Gasteiger charge is 2.19. The number of para-hydroxylation sites is 1. The van der Waals surface area contributed by atoms with Gasteiger partial charge in [0.05, 0.1) is 16.8 Å². The van der Waals surface area contributed by atoms with E-state index in [9.17, 15) is 13.2 Å². The minimum atomic E-state index is -3.85. The zero-order chi connectivity index (χ0) is 19.4. The van der Waals surface area contributed by atoms with Gasteiger partial charge in [0.15, 0.2) is 0 Å². The Morgan fingerprint density at radius 2 is 1.74 bits per heavy atom. The molecule has 0 saturated carbocycles. The summed E-state index contributed by atoms with van der Waals surface area (Å²) in [5.74, 6) is -0.373. The predicted molar refractivity (Wildman–Crippen MR) is 105 cm³/mol. The lowest BCUT2D eigenvalue weighted by Crippen LogP contribution is -2.17. The smallest absolute Gasteiger partial charge is 0.262 e. The first kappa shape index (κ1) is 18.6. The van der Waals surface area contributed by atoms with Crippen LogP contribution in [0.2, 0.25) is 0 Å². The number of pyridine rings is 1. The van der Waals surface area contributed by atoms with Crippen LogP contribution in [0.25, 0.3) is 0 Å². The standard InChI is InChI=1S/C20H19N3O3S/c1-14-6-3-4-8-18(14)22-20(24)16-10-9-15(2)19(12-16)27(25,26)23-17-7-5-11-21-13-17/h3-13,23H,1-2H3,(H,22,24). The van der Waals surface area contributed by atoms with Gasteiger partial charge in [-0.25, -0.2) is 8.42 Å². The van der Waals surface area contributed by atoms with E-state index in [1.165, 1.54) is 12.3 Å². The topological polar surface area (TPSA) is 88.2 Å². The molecule has 0 bridgehead atoms. The van der Waals surface area contributed by atoms with Crippen LogP contribution in [0.15, 0.2) is 71.9 Å². The first-order valence-corrected chi connectivity index (χ1v) is 9.75. The summed E-state index contributed by atoms with van der Waals surface area (Å²) in [5, 5.41) is 2.81. The number of hydrogen-bond donors (Lipinski definition) is 2. The number of nitrogens with zero attached hydrogens (tertiary/aromatic N) is 1. The normalized spacial score (nSPS) is 11.0. The molecular formula is C20H19N3O3S. The highest BCUT2D eigenvalue weighted by atomic mass is 32.2. The lowest BCUT2D eigenvalue weighted by Gasteiger charge is -2.12. The van der Waals surface area contributed by atoms with Gasteiger partial charge < -0.3 is 5.32 Å². The van der Waals surface area contributed by atoms with E-state index in [1.54, 1.807) is 43.5 Å². The Kier molecular flexibility index (Phi) is 5.23. The van der Waals surface area contributed by atoms with E-state index in [0.717, 1.165) is 5.56 Å². The molecule has 27 heavy (non-hydrogen) atoms. The highest BCUT2D eigenvalue weighted by Crippen LogP contribution is 2.22. The number of hydrogen-bond acceptors (Lipinski definition) is 4. The molecule has 2 N–H and O–H groups in total. The number of sulfonamides is 1. The third kappa shape index (κ3) is 4.32. The van der Waals surface area contributed by atoms with Gasteiger partial charge in [-0.1, -0.05) is 24.3 Å². The lowest BCUT2D eigenvalue weighted by molar-refractivity contribution is 0.102. The van der Waals surface area contributed by atoms with Crippen molar-refractivity contribution in [3.63, 3.8) is 0 Å². The summed E-state index contributed by atoms with van der Waals surface area (Å²) in [7, 11) is -3.85. The number of nitrogens with one attached hydrogen (secondary N) is 2. The average molecular weight is 381 g/mol. The molecule has 138 valence electrons. The maximum atomic E-state index is 12.7. The fourth-order valence-electron chi connectivity index (χ4n) is 2.57. The molecule has 0 saturated heterocycles. The van der Waals surface area contributed by atoms with E-state index in [0.29, 0.717) is 16.9 Å². The van der Waals surface area contributed by atoms with Crippen molar-refractivity contribution in [3.8, 4) is 0 Å². The third-order valence-corrected chi connectivity index (χ3v) is 5.57. The van der Waals surface area contributed by atoms with Crippen LogP contribution in [0.3, 0.4) is 0 Å². The van der Waals surface area contributed by atoms with Crippen LogP contribution in [0.5, 0.6) is 0 Å². The molecule has 0 unspecified atom stereocenters. The van der Waals surface area contributed by atoms with Crippen LogP contribution in [0.1, 0.15) is 21.5 Å². The zero-order valence-corrected chi connectivity index (χ0v) is 15.7. The Hall–Kier alpha value is -3.19. The first-order valence-electron chi connectivity index (χ1n) is 8.27. The van der Waals surface area contributed by atoms with Crippen LogP contribution in [-0.2, 0) is 10.0 Å². The predicted octanol–water partition coefficient (Wildman–Crippen LogP) is 3.75. The molecule has 1 heterocycles. The summed E-state index contributed by atoms with van der Waals surface area (Å²) in [6.45, 7) is 3.57. The van der Waals surface area contributed by atoms with Gasteiger partial charge in [0, 0.05) is 17.4 Å². The number of aryl methyl sites for hydroxylation is 2. The van der Waals surface area contributed by atoms with Crippen LogP contribution in [0.4, 0.5) is 11.4 Å². The summed E-state index contributed by atoms with van der Waals surface area (Å²) in [6.07, 6.45) is 2.97. The second-order valence-electron chi connectivity index (χ2n) is 6.10. The monoisotopic (exact) mass is 381 g/mol. The van der Waals surface area contributed by atoms with Gasteiger partial charge in [-0.15, -0.1) is 0 Å². The largest absolute Gasteiger partial charge is 0.322 e. The molecule has 7 heteroatoms. The molecule has 1 aromatic heterocycles. The van der Waals surface area contributed by atoms with Gasteiger partial charge in [-0.2, -0.15) is 0 Å². The van der Waals surface area contributed by atoms with Crippen molar-refractivity contribution < 1.29 is 13.2 Å². The number of carbonyl (C=O) groups excluding carboxylic acids is 1. The van der Waals surface area contributed by atoms with Crippen molar-refractivity contribution in [2.45, 2.75) is 18.7 Å². The number of aromatic nitrogens is 1. The Balaban J connectivity index is 1.90. The Morgan fingerprint density at radius 1 is 0.963 bits per heavy atom. The third-order valence-electron chi connectivity index (χ3n) is 4.05. The van der Waals surface area contributed by atoms with Crippen molar-refractivity contribution in [1.82, 2.24) is 4.98 Å². The van der Waals surface area contributed by atoms with Crippen LogP contribution >= 0.6 is 0 Å². The highest BCUT2D eigenvalue weighted by molar-refractivity contribution is 7.92. The van der Waals surface area contributed by atoms with Gasteiger partial charge in [0.2, 0.25) is 0 Å². The van der Waals surface area contributed by atoms with Gasteiger partial charge in [-0.05, 0) is 55.3 Å². The van der Waals surface area contributed by atoms with E-state index in [-0.39, 0.29) is 16.4 Å². The molecule has 0 radical (unpaired) electrons. The van der Waals surface area contributed by atoms with Gasteiger partial charge in [0.25, 0.3) is 15.9 Å². The van der Waals surface area contributed by atoms with Gasteiger partial charge in [0.1, 0.15) is 0 Å². The maximum Gasteiger partial charge on any atom is 0.262 e. The number of benzene rings is 2. The molecular weight excluding hydrogens is 362 g/mol. The first-order chi connectivity index (χ1) is 12.9. The van der Waals surface area contributed by atoms with Crippen LogP contribution < -0.4 is 10.0 Å². The van der Waals surface area contributed by atoms with Crippen molar-refractivity contribution in [2.75, 3.05) is 10.0 Å². The fourth-order valence-corrected chi connectivity index (χ4v) is 3.89. The van der Waals surface area contributed by atoms with Gasteiger partial charge in [-0.3, -0.25) is 14.5 Å². The second kappa shape index (κ2) is 7.59.